The molecular formula is C23H26N2O2. The van der Waals surface area contributed by atoms with Crippen molar-refractivity contribution < 1.29 is 9.47 Å². The summed E-state index contributed by atoms with van der Waals surface area (Å²) in [5.74, 6) is 0.890. The van der Waals surface area contributed by atoms with Crippen LogP contribution in [0, 0.1) is 0 Å². The van der Waals surface area contributed by atoms with Crippen molar-refractivity contribution in [1.29, 1.82) is 0 Å². The van der Waals surface area contributed by atoms with E-state index in [2.05, 4.69) is 65.2 Å². The van der Waals surface area contributed by atoms with E-state index >= 15 is 0 Å². The zero-order chi connectivity index (χ0) is 18.6. The SMILES string of the molecule is CCOc1ccccc1-n1ccc([C@H]2OCCN2c2ccc(CC)cc2)c1. The monoisotopic (exact) mass is 362 g/mol. The standard InChI is InChI=1S/C23H26N2O2/c1-3-18-9-11-20(12-10-18)25-15-16-27-23(25)19-13-14-24(17-19)21-7-5-6-8-22(21)26-4-2/h5-14,17,23H,3-4,15-16H2,1-2H3/t23-/m1/s1. The maximum atomic E-state index is 6.07. The van der Waals surface area contributed by atoms with Gasteiger partial charge in [0.05, 0.1) is 18.9 Å². The molecule has 1 saturated heterocycles. The lowest BCUT2D eigenvalue weighted by Crippen LogP contribution is -2.22. The molecule has 0 spiro atoms. The number of benzene rings is 2. The van der Waals surface area contributed by atoms with Crippen LogP contribution in [0.3, 0.4) is 0 Å². The molecule has 0 aliphatic carbocycles. The van der Waals surface area contributed by atoms with Crippen molar-refractivity contribution in [3.05, 3.63) is 78.1 Å². The number of aromatic nitrogens is 1. The van der Waals surface area contributed by atoms with Gasteiger partial charge in [-0.3, -0.25) is 0 Å². The highest BCUT2D eigenvalue weighted by atomic mass is 16.5. The first-order valence-corrected chi connectivity index (χ1v) is 9.67. The third kappa shape index (κ3) is 3.58. The summed E-state index contributed by atoms with van der Waals surface area (Å²) in [5, 5.41) is 0. The van der Waals surface area contributed by atoms with Crippen molar-refractivity contribution >= 4 is 5.69 Å². The summed E-state index contributed by atoms with van der Waals surface area (Å²) in [6, 6.07) is 19.0. The Morgan fingerprint density at radius 2 is 1.85 bits per heavy atom. The Balaban J connectivity index is 1.60. The highest BCUT2D eigenvalue weighted by Crippen LogP contribution is 2.33. The molecule has 1 fully saturated rings. The Bertz CT molecular complexity index is 885. The minimum absolute atomic E-state index is 0.0574. The van der Waals surface area contributed by atoms with Crippen LogP contribution in [0.2, 0.25) is 0 Å². The minimum Gasteiger partial charge on any atom is -0.492 e. The van der Waals surface area contributed by atoms with E-state index in [0.717, 1.165) is 36.6 Å². The highest BCUT2D eigenvalue weighted by Gasteiger charge is 2.28. The Morgan fingerprint density at radius 1 is 1.04 bits per heavy atom. The fourth-order valence-electron chi connectivity index (χ4n) is 3.59. The number of nitrogens with zero attached hydrogens (tertiary/aromatic N) is 2. The van der Waals surface area contributed by atoms with Gasteiger partial charge in [0.1, 0.15) is 5.75 Å². The van der Waals surface area contributed by atoms with Gasteiger partial charge in [-0.1, -0.05) is 31.2 Å². The van der Waals surface area contributed by atoms with Crippen LogP contribution in [0.25, 0.3) is 5.69 Å². The van der Waals surface area contributed by atoms with Crippen LogP contribution in [-0.4, -0.2) is 24.3 Å². The van der Waals surface area contributed by atoms with Gasteiger partial charge in [-0.05, 0) is 49.2 Å². The number of hydrogen-bond donors (Lipinski definition) is 0. The summed E-state index contributed by atoms with van der Waals surface area (Å²) in [5.41, 5.74) is 4.76. The van der Waals surface area contributed by atoms with Gasteiger partial charge in [-0.25, -0.2) is 0 Å². The molecule has 4 nitrogen and oxygen atoms in total. The van der Waals surface area contributed by atoms with Gasteiger partial charge in [0.2, 0.25) is 0 Å². The number of hydrogen-bond acceptors (Lipinski definition) is 3. The van der Waals surface area contributed by atoms with Gasteiger partial charge in [-0.15, -0.1) is 0 Å². The fraction of sp³-hybridized carbons (Fsp3) is 0.304. The number of para-hydroxylation sites is 2. The third-order valence-corrected chi connectivity index (χ3v) is 5.01. The average molecular weight is 362 g/mol. The second kappa shape index (κ2) is 7.89. The Labute approximate surface area is 161 Å². The zero-order valence-electron chi connectivity index (χ0n) is 16.0. The molecule has 0 N–H and O–H groups in total. The lowest BCUT2D eigenvalue weighted by molar-refractivity contribution is 0.114. The van der Waals surface area contributed by atoms with E-state index in [1.165, 1.54) is 11.3 Å². The van der Waals surface area contributed by atoms with Gasteiger partial charge < -0.3 is 18.9 Å². The fourth-order valence-corrected chi connectivity index (χ4v) is 3.59. The molecule has 2 aromatic carbocycles. The molecular weight excluding hydrogens is 336 g/mol. The lowest BCUT2D eigenvalue weighted by Gasteiger charge is -2.24. The molecule has 1 aromatic heterocycles. The topological polar surface area (TPSA) is 26.6 Å². The second-order valence-electron chi connectivity index (χ2n) is 6.69. The predicted octanol–water partition coefficient (Wildman–Crippen LogP) is 4.97. The van der Waals surface area contributed by atoms with Crippen LogP contribution in [0.15, 0.2) is 67.0 Å². The summed E-state index contributed by atoms with van der Waals surface area (Å²) in [7, 11) is 0. The van der Waals surface area contributed by atoms with E-state index in [9.17, 15) is 0 Å². The number of anilines is 1. The van der Waals surface area contributed by atoms with Crippen LogP contribution < -0.4 is 9.64 Å². The molecule has 0 saturated carbocycles. The van der Waals surface area contributed by atoms with E-state index in [0.29, 0.717) is 6.61 Å². The maximum Gasteiger partial charge on any atom is 0.158 e. The molecule has 4 rings (SSSR count). The molecule has 0 bridgehead atoms. The van der Waals surface area contributed by atoms with Crippen molar-refractivity contribution in [2.24, 2.45) is 0 Å². The average Bonchev–Trinajstić information content (AvgIpc) is 3.38. The van der Waals surface area contributed by atoms with Crippen molar-refractivity contribution in [2.45, 2.75) is 26.5 Å². The quantitative estimate of drug-likeness (QED) is 0.619. The summed E-state index contributed by atoms with van der Waals surface area (Å²) in [6.07, 6.45) is 5.22. The predicted molar refractivity (Wildman–Crippen MR) is 109 cm³/mol. The molecule has 140 valence electrons. The highest BCUT2D eigenvalue weighted by molar-refractivity contribution is 5.51. The van der Waals surface area contributed by atoms with Gasteiger partial charge in [0.25, 0.3) is 0 Å². The summed E-state index contributed by atoms with van der Waals surface area (Å²) < 4.78 is 14.0. The van der Waals surface area contributed by atoms with Crippen molar-refractivity contribution in [1.82, 2.24) is 4.57 Å². The molecule has 0 radical (unpaired) electrons. The molecule has 1 atom stereocenters. The van der Waals surface area contributed by atoms with E-state index in [1.807, 2.05) is 25.1 Å². The van der Waals surface area contributed by atoms with Gasteiger partial charge in [0.15, 0.2) is 6.23 Å². The molecule has 2 heterocycles. The first kappa shape index (κ1) is 17.7. The molecule has 27 heavy (non-hydrogen) atoms. The molecule has 1 aliphatic rings. The largest absolute Gasteiger partial charge is 0.492 e. The molecule has 1 aliphatic heterocycles. The maximum absolute atomic E-state index is 6.07. The molecule has 3 aromatic rings. The Hall–Kier alpha value is -2.72. The lowest BCUT2D eigenvalue weighted by atomic mass is 10.1. The number of ether oxygens (including phenoxy) is 2. The summed E-state index contributed by atoms with van der Waals surface area (Å²) in [6.45, 7) is 6.47. The Kier molecular flexibility index (Phi) is 5.16. The van der Waals surface area contributed by atoms with Crippen LogP contribution in [0.5, 0.6) is 5.75 Å². The zero-order valence-corrected chi connectivity index (χ0v) is 16.0. The normalized spacial score (nSPS) is 16.7. The van der Waals surface area contributed by atoms with Gasteiger partial charge >= 0.3 is 0 Å². The van der Waals surface area contributed by atoms with Crippen LogP contribution in [0.1, 0.15) is 31.2 Å². The van der Waals surface area contributed by atoms with Crippen molar-refractivity contribution in [3.63, 3.8) is 0 Å². The summed E-state index contributed by atoms with van der Waals surface area (Å²) >= 11 is 0. The summed E-state index contributed by atoms with van der Waals surface area (Å²) in [4.78, 5) is 2.33. The molecule has 4 heteroatoms. The first-order chi connectivity index (χ1) is 13.3. The van der Waals surface area contributed by atoms with Crippen LogP contribution >= 0.6 is 0 Å². The second-order valence-corrected chi connectivity index (χ2v) is 6.69. The van der Waals surface area contributed by atoms with Crippen LogP contribution in [0.4, 0.5) is 5.69 Å². The van der Waals surface area contributed by atoms with Crippen molar-refractivity contribution in [2.75, 3.05) is 24.7 Å². The smallest absolute Gasteiger partial charge is 0.158 e. The number of aryl methyl sites for hydroxylation is 1. The van der Waals surface area contributed by atoms with E-state index in [-0.39, 0.29) is 6.23 Å². The van der Waals surface area contributed by atoms with E-state index in [4.69, 9.17) is 9.47 Å². The van der Waals surface area contributed by atoms with E-state index < -0.39 is 0 Å². The minimum atomic E-state index is -0.0574. The first-order valence-electron chi connectivity index (χ1n) is 9.67. The molecule has 0 amide bonds. The van der Waals surface area contributed by atoms with Gasteiger partial charge in [0, 0.05) is 30.2 Å². The van der Waals surface area contributed by atoms with E-state index in [1.54, 1.807) is 0 Å². The van der Waals surface area contributed by atoms with Crippen LogP contribution in [-0.2, 0) is 11.2 Å². The van der Waals surface area contributed by atoms with Gasteiger partial charge in [-0.2, -0.15) is 0 Å². The molecule has 0 unspecified atom stereocenters. The Morgan fingerprint density at radius 3 is 2.63 bits per heavy atom. The third-order valence-electron chi connectivity index (χ3n) is 5.01. The number of rotatable bonds is 6. The van der Waals surface area contributed by atoms with Crippen molar-refractivity contribution in [3.8, 4) is 11.4 Å².